The first-order valence-electron chi connectivity index (χ1n) is 2.40. The van der Waals surface area contributed by atoms with Gasteiger partial charge in [-0.1, -0.05) is 0 Å². The molecule has 0 aliphatic rings. The van der Waals surface area contributed by atoms with E-state index in [1.54, 1.807) is 0 Å². The van der Waals surface area contributed by atoms with Gasteiger partial charge in [-0.2, -0.15) is 0 Å². The minimum atomic E-state index is -4.95. The van der Waals surface area contributed by atoms with Crippen LogP contribution in [-0.2, 0) is 13.9 Å². The molecule has 0 fully saturated rings. The summed E-state index contributed by atoms with van der Waals surface area (Å²) < 4.78 is 13.3. The van der Waals surface area contributed by atoms with E-state index in [2.05, 4.69) is 4.52 Å². The van der Waals surface area contributed by atoms with Gasteiger partial charge in [-0.25, -0.2) is 0 Å². The van der Waals surface area contributed by atoms with E-state index < -0.39 is 26.5 Å². The van der Waals surface area contributed by atoms with Crippen molar-refractivity contribution in [2.45, 2.75) is 6.29 Å². The molecular weight excluding hydrogens is 202 g/mol. The molecule has 0 radical (unpaired) electrons. The fourth-order valence-electron chi connectivity index (χ4n) is 0.220. The summed E-state index contributed by atoms with van der Waals surface area (Å²) in [6.45, 7) is -1.09. The van der Waals surface area contributed by atoms with E-state index in [-0.39, 0.29) is 29.6 Å². The van der Waals surface area contributed by atoms with E-state index in [1.165, 1.54) is 0 Å². The Kier molecular flexibility index (Phi) is 7.84. The monoisotopic (exact) mass is 208 g/mol. The van der Waals surface area contributed by atoms with Gasteiger partial charge in [0.15, 0.2) is 0 Å². The zero-order chi connectivity index (χ0) is 9.07. The normalized spacial score (nSPS) is 15.1. The fraction of sp³-hybridized carbons (Fsp3) is 0.667. The van der Waals surface area contributed by atoms with E-state index in [1.807, 2.05) is 0 Å². The first-order valence-corrected chi connectivity index (χ1v) is 3.89. The summed E-state index contributed by atoms with van der Waals surface area (Å²) in [5.74, 6) is -1.25. The molecule has 12 heavy (non-hydrogen) atoms. The van der Waals surface area contributed by atoms with E-state index in [4.69, 9.17) is 15.1 Å². The van der Waals surface area contributed by atoms with Crippen LogP contribution in [0.3, 0.4) is 0 Å². The van der Waals surface area contributed by atoms with Gasteiger partial charge in [0.1, 0.15) is 6.61 Å². The van der Waals surface area contributed by atoms with Crippen molar-refractivity contribution in [3.8, 4) is 0 Å². The summed E-state index contributed by atoms with van der Waals surface area (Å²) >= 11 is 0. The fourth-order valence-corrected chi connectivity index (χ4v) is 0.510. The number of rotatable bonds is 4. The number of aliphatic hydroxyl groups is 2. The van der Waals surface area contributed by atoms with Crippen LogP contribution in [-0.4, -0.2) is 33.8 Å². The van der Waals surface area contributed by atoms with Crippen LogP contribution >= 0.6 is 7.82 Å². The standard InChI is InChI=1S/C3H7O7P.Na/c4-2(3(5)6)1-10-11(7,8)9;/h3,5-6H,1H2,(H2,7,8,9);/q;+1/p-1. The molecule has 0 heterocycles. The number of ketones is 1. The molecule has 3 N–H and O–H groups in total. The molecule has 0 aliphatic carbocycles. The van der Waals surface area contributed by atoms with E-state index in [0.717, 1.165) is 0 Å². The predicted molar refractivity (Wildman–Crippen MR) is 29.0 cm³/mol. The van der Waals surface area contributed by atoms with Crippen LogP contribution in [0.25, 0.3) is 0 Å². The summed E-state index contributed by atoms with van der Waals surface area (Å²) in [7, 11) is -4.95. The molecule has 1 atom stereocenters. The topological polar surface area (TPSA) is 127 Å². The van der Waals surface area contributed by atoms with Crippen LogP contribution in [0.5, 0.6) is 0 Å². The van der Waals surface area contributed by atoms with Crippen LogP contribution in [0, 0.1) is 0 Å². The Morgan fingerprint density at radius 3 is 2.25 bits per heavy atom. The maximum Gasteiger partial charge on any atom is 1.00 e. The summed E-state index contributed by atoms with van der Waals surface area (Å²) in [5.41, 5.74) is 0. The number of aliphatic hydroxyl groups excluding tert-OH is 1. The Bertz CT molecular complexity index is 185. The molecule has 0 bridgehead atoms. The number of phosphoric acid groups is 1. The van der Waals surface area contributed by atoms with Crippen LogP contribution in [0.4, 0.5) is 0 Å². The first kappa shape index (κ1) is 15.2. The third kappa shape index (κ3) is 8.79. The van der Waals surface area contributed by atoms with Crippen LogP contribution in [0.15, 0.2) is 0 Å². The first-order chi connectivity index (χ1) is 4.83. The Morgan fingerprint density at radius 1 is 1.58 bits per heavy atom. The zero-order valence-electron chi connectivity index (χ0n) is 6.21. The average Bonchev–Trinajstić information content (AvgIpc) is 1.80. The molecule has 9 heteroatoms. The van der Waals surface area contributed by atoms with E-state index >= 15 is 0 Å². The van der Waals surface area contributed by atoms with Crippen molar-refractivity contribution < 1.29 is 63.4 Å². The van der Waals surface area contributed by atoms with Gasteiger partial charge in [-0.15, -0.1) is 0 Å². The zero-order valence-corrected chi connectivity index (χ0v) is 9.10. The molecule has 0 spiro atoms. The van der Waals surface area contributed by atoms with Crippen molar-refractivity contribution in [1.29, 1.82) is 0 Å². The van der Waals surface area contributed by atoms with Gasteiger partial charge >= 0.3 is 29.6 Å². The molecule has 0 aliphatic heterocycles. The number of phosphoric ester groups is 1. The molecule has 0 rings (SSSR count). The van der Waals surface area contributed by atoms with Gasteiger partial charge in [-0.05, 0) is 0 Å². The number of Topliss-reactive ketones (excluding diaryl/α,β-unsaturated/α-hetero) is 1. The Hall–Kier alpha value is 0.700. The second-order valence-electron chi connectivity index (χ2n) is 1.58. The van der Waals surface area contributed by atoms with Crippen molar-refractivity contribution in [3.05, 3.63) is 0 Å². The number of carbonyl (C=O) groups excluding carboxylic acids is 1. The summed E-state index contributed by atoms with van der Waals surface area (Å²) in [6.07, 6.45) is -2.29. The van der Waals surface area contributed by atoms with Crippen molar-refractivity contribution in [3.63, 3.8) is 0 Å². The summed E-state index contributed by atoms with van der Waals surface area (Å²) in [6, 6.07) is 0. The Labute approximate surface area is 89.9 Å². The number of hydrogen-bond acceptors (Lipinski definition) is 6. The quantitative estimate of drug-likeness (QED) is 0.238. The predicted octanol–water partition coefficient (Wildman–Crippen LogP) is -5.65. The van der Waals surface area contributed by atoms with Gasteiger partial charge in [0.05, 0.1) is 0 Å². The minimum absolute atomic E-state index is 0. The Balaban J connectivity index is 0. The average molecular weight is 208 g/mol. The second-order valence-corrected chi connectivity index (χ2v) is 2.78. The van der Waals surface area contributed by atoms with Crippen LogP contribution in [0.2, 0.25) is 0 Å². The molecule has 1 unspecified atom stereocenters. The van der Waals surface area contributed by atoms with Crippen molar-refractivity contribution >= 4 is 13.6 Å². The van der Waals surface area contributed by atoms with Gasteiger partial charge < -0.3 is 24.5 Å². The SMILES string of the molecule is O=C(COP(=O)([O-])O)C(O)O.[Na+]. The molecular formula is C3H6NaO7P. The van der Waals surface area contributed by atoms with E-state index in [0.29, 0.717) is 0 Å². The van der Waals surface area contributed by atoms with Crippen molar-refractivity contribution in [2.75, 3.05) is 6.61 Å². The van der Waals surface area contributed by atoms with Gasteiger partial charge in [0, 0.05) is 0 Å². The summed E-state index contributed by atoms with van der Waals surface area (Å²) in [5, 5.41) is 16.1. The summed E-state index contributed by atoms with van der Waals surface area (Å²) in [4.78, 5) is 27.9. The molecule has 0 saturated heterocycles. The molecule has 0 aromatic heterocycles. The van der Waals surface area contributed by atoms with Gasteiger partial charge in [-0.3, -0.25) is 9.36 Å². The second kappa shape index (κ2) is 6.20. The van der Waals surface area contributed by atoms with Crippen LogP contribution < -0.4 is 34.5 Å². The van der Waals surface area contributed by atoms with Crippen LogP contribution in [0.1, 0.15) is 0 Å². The maximum absolute atomic E-state index is 10.2. The van der Waals surface area contributed by atoms with Gasteiger partial charge in [0.2, 0.25) is 12.1 Å². The number of carbonyl (C=O) groups is 1. The largest absolute Gasteiger partial charge is 1.00 e. The molecule has 0 saturated carbocycles. The molecule has 7 nitrogen and oxygen atoms in total. The minimum Gasteiger partial charge on any atom is -0.756 e. The van der Waals surface area contributed by atoms with Crippen molar-refractivity contribution in [1.82, 2.24) is 0 Å². The molecule has 0 aromatic carbocycles. The molecule has 66 valence electrons. The number of hydrogen-bond donors (Lipinski definition) is 3. The third-order valence-electron chi connectivity index (χ3n) is 0.658. The Morgan fingerprint density at radius 2 is 2.00 bits per heavy atom. The van der Waals surface area contributed by atoms with E-state index in [9.17, 15) is 14.3 Å². The van der Waals surface area contributed by atoms with Crippen molar-refractivity contribution in [2.24, 2.45) is 0 Å². The molecule has 0 amide bonds. The molecule has 0 aromatic rings. The van der Waals surface area contributed by atoms with Gasteiger partial charge in [0.25, 0.3) is 7.82 Å². The smallest absolute Gasteiger partial charge is 0.756 e. The maximum atomic E-state index is 10.2. The third-order valence-corrected chi connectivity index (χ3v) is 1.11.